The number of hydrogen-bond acceptors (Lipinski definition) is 8. The molecule has 0 aromatic heterocycles. The molecule has 0 saturated heterocycles. The van der Waals surface area contributed by atoms with Crippen molar-refractivity contribution in [2.24, 2.45) is 5.73 Å². The maximum atomic E-state index is 12.8. The van der Waals surface area contributed by atoms with Crippen molar-refractivity contribution in [1.29, 1.82) is 0 Å². The van der Waals surface area contributed by atoms with E-state index in [-0.39, 0.29) is 38.6 Å². The van der Waals surface area contributed by atoms with E-state index >= 15 is 0 Å². The van der Waals surface area contributed by atoms with E-state index in [0.717, 1.165) is 148 Å². The molecule has 2 unspecified atom stereocenters. The van der Waals surface area contributed by atoms with Gasteiger partial charge in [0.15, 0.2) is 6.10 Å². The Kier molecular flexibility index (Phi) is 74.1. The van der Waals surface area contributed by atoms with Crippen LogP contribution in [0.15, 0.2) is 182 Å². The van der Waals surface area contributed by atoms with Gasteiger partial charge in [-0.3, -0.25) is 18.6 Å². The van der Waals surface area contributed by atoms with Gasteiger partial charge < -0.3 is 20.1 Å². The summed E-state index contributed by atoms with van der Waals surface area (Å²) in [6.07, 6.45) is 117. The minimum absolute atomic E-state index is 0.0442. The molecule has 0 aliphatic heterocycles. The summed E-state index contributed by atoms with van der Waals surface area (Å²) in [7, 11) is -4.41. The Labute approximate surface area is 584 Å². The van der Waals surface area contributed by atoms with Crippen LogP contribution in [0.5, 0.6) is 0 Å². The standard InChI is InChI=1S/C85H140NO8P/c1-3-5-7-9-11-13-15-17-19-21-23-25-27-29-31-33-35-37-38-39-40-41-42-43-44-46-48-50-52-54-56-58-60-62-64-66-68-70-72-74-76-78-85(88)94-83(82-93-95(89,90)92-80-79-86)81-91-84(87)77-75-73-71-69-67-65-63-61-59-57-55-53-51-49-47-45-36-34-32-30-28-26-24-22-20-18-16-14-12-10-8-6-4-2/h5-8,11-14,17-20,23-26,29,31,35,37,39-40,42-43,46,48,52,54,58,60,83H,3-4,9-10,15-16,21-22,27-28,30,32-34,36,38,41,44-45,47,49-51,53,55-57,59,61-82,86H2,1-2H3,(H,89,90)/b7-5-,8-6-,13-11-,14-12-,19-17-,20-18-,25-23-,26-24-,31-29-,37-35-,40-39-,43-42-,48-46-,54-52-,60-58-. The van der Waals surface area contributed by atoms with Crippen LogP contribution in [-0.4, -0.2) is 49.3 Å². The van der Waals surface area contributed by atoms with Crippen molar-refractivity contribution in [3.63, 3.8) is 0 Å². The van der Waals surface area contributed by atoms with E-state index in [1.807, 2.05) is 0 Å². The first-order valence-corrected chi connectivity index (χ1v) is 39.8. The normalized spacial score (nSPS) is 13.9. The maximum absolute atomic E-state index is 12.8. The lowest BCUT2D eigenvalue weighted by atomic mass is 10.0. The van der Waals surface area contributed by atoms with E-state index in [1.54, 1.807) is 0 Å². The smallest absolute Gasteiger partial charge is 0.462 e. The number of carbonyl (C=O) groups is 2. The van der Waals surface area contributed by atoms with Crippen molar-refractivity contribution in [3.8, 4) is 0 Å². The Hall–Kier alpha value is -4.89. The van der Waals surface area contributed by atoms with Gasteiger partial charge in [-0.25, -0.2) is 4.57 Å². The van der Waals surface area contributed by atoms with Gasteiger partial charge >= 0.3 is 19.8 Å². The van der Waals surface area contributed by atoms with E-state index in [9.17, 15) is 19.0 Å². The molecular weight excluding hydrogens is 1190 g/mol. The number of nitrogens with two attached hydrogens (primary N) is 1. The minimum Gasteiger partial charge on any atom is -0.462 e. The highest BCUT2D eigenvalue weighted by Gasteiger charge is 2.26. The second-order valence-electron chi connectivity index (χ2n) is 24.8. The van der Waals surface area contributed by atoms with Crippen molar-refractivity contribution in [2.75, 3.05) is 26.4 Å². The number of ether oxygens (including phenoxy) is 2. The first kappa shape index (κ1) is 90.1. The molecule has 0 amide bonds. The number of unbranched alkanes of at least 4 members (excludes halogenated alkanes) is 27. The topological polar surface area (TPSA) is 134 Å². The highest BCUT2D eigenvalue weighted by atomic mass is 31.2. The molecule has 0 fully saturated rings. The van der Waals surface area contributed by atoms with Gasteiger partial charge in [0.05, 0.1) is 13.2 Å². The molecule has 3 N–H and O–H groups in total. The van der Waals surface area contributed by atoms with Crippen LogP contribution < -0.4 is 5.73 Å². The molecule has 0 saturated carbocycles. The van der Waals surface area contributed by atoms with Crippen molar-refractivity contribution >= 4 is 19.8 Å². The summed E-state index contributed by atoms with van der Waals surface area (Å²) in [5.41, 5.74) is 5.41. The first-order valence-electron chi connectivity index (χ1n) is 38.3. The molecule has 9 nitrogen and oxygen atoms in total. The zero-order valence-corrected chi connectivity index (χ0v) is 61.5. The molecule has 0 radical (unpaired) electrons. The number of hydrogen-bond donors (Lipinski definition) is 2. The monoisotopic (exact) mass is 1330 g/mol. The van der Waals surface area contributed by atoms with Crippen molar-refractivity contribution in [2.45, 2.75) is 315 Å². The summed E-state index contributed by atoms with van der Waals surface area (Å²) in [6.45, 7) is 3.51. The average molecular weight is 1340 g/mol. The van der Waals surface area contributed by atoms with Crippen LogP contribution in [0.3, 0.4) is 0 Å². The Morgan fingerprint density at radius 1 is 0.316 bits per heavy atom. The maximum Gasteiger partial charge on any atom is 0.472 e. The van der Waals surface area contributed by atoms with E-state index in [4.69, 9.17) is 24.3 Å². The van der Waals surface area contributed by atoms with Crippen LogP contribution in [0.2, 0.25) is 0 Å². The number of allylic oxidation sites excluding steroid dienone is 30. The second kappa shape index (κ2) is 78.1. The summed E-state index contributed by atoms with van der Waals surface area (Å²) in [6, 6.07) is 0. The fourth-order valence-electron chi connectivity index (χ4n) is 10.2. The molecule has 538 valence electrons. The lowest BCUT2D eigenvalue weighted by molar-refractivity contribution is -0.161. The largest absolute Gasteiger partial charge is 0.472 e. The highest BCUT2D eigenvalue weighted by molar-refractivity contribution is 7.47. The third-order valence-corrected chi connectivity index (χ3v) is 16.8. The fourth-order valence-corrected chi connectivity index (χ4v) is 11.0. The van der Waals surface area contributed by atoms with E-state index in [0.29, 0.717) is 6.42 Å². The third kappa shape index (κ3) is 78.0. The van der Waals surface area contributed by atoms with Crippen molar-refractivity contribution in [1.82, 2.24) is 0 Å². The molecule has 95 heavy (non-hydrogen) atoms. The predicted octanol–water partition coefficient (Wildman–Crippen LogP) is 25.9. The quantitative estimate of drug-likeness (QED) is 0.0264. The minimum atomic E-state index is -4.41. The Morgan fingerprint density at radius 2 is 0.547 bits per heavy atom. The molecule has 0 aliphatic carbocycles. The summed E-state index contributed by atoms with van der Waals surface area (Å²) >= 11 is 0. The number of phosphoric ester groups is 1. The Balaban J connectivity index is 3.93. The molecule has 10 heteroatoms. The number of carbonyl (C=O) groups excluding carboxylic acids is 2. The molecule has 2 atom stereocenters. The first-order chi connectivity index (χ1) is 46.8. The van der Waals surface area contributed by atoms with Gasteiger partial charge in [0.1, 0.15) is 6.61 Å². The molecule has 0 rings (SSSR count). The Morgan fingerprint density at radius 3 is 0.811 bits per heavy atom. The average Bonchev–Trinajstić information content (AvgIpc) is 2.75. The summed E-state index contributed by atoms with van der Waals surface area (Å²) in [4.78, 5) is 35.4. The molecule has 0 heterocycles. The van der Waals surface area contributed by atoms with Crippen LogP contribution in [0.25, 0.3) is 0 Å². The zero-order chi connectivity index (χ0) is 68.6. The zero-order valence-electron chi connectivity index (χ0n) is 60.6. The Bertz CT molecular complexity index is 2220. The third-order valence-electron chi connectivity index (χ3n) is 15.8. The van der Waals surface area contributed by atoms with Crippen LogP contribution in [0, 0.1) is 0 Å². The van der Waals surface area contributed by atoms with Crippen molar-refractivity contribution in [3.05, 3.63) is 182 Å². The van der Waals surface area contributed by atoms with Crippen LogP contribution >= 0.6 is 7.82 Å². The predicted molar refractivity (Wildman–Crippen MR) is 412 cm³/mol. The lowest BCUT2D eigenvalue weighted by Crippen LogP contribution is -2.29. The lowest BCUT2D eigenvalue weighted by Gasteiger charge is -2.19. The second-order valence-corrected chi connectivity index (χ2v) is 26.2. The van der Waals surface area contributed by atoms with Crippen molar-refractivity contribution < 1.29 is 37.6 Å². The van der Waals surface area contributed by atoms with E-state index in [1.165, 1.54) is 128 Å². The molecule has 0 aromatic rings. The van der Waals surface area contributed by atoms with Crippen LogP contribution in [0.4, 0.5) is 0 Å². The van der Waals surface area contributed by atoms with E-state index < -0.39 is 26.5 Å². The van der Waals surface area contributed by atoms with E-state index in [2.05, 4.69) is 196 Å². The summed E-state index contributed by atoms with van der Waals surface area (Å²) in [5, 5.41) is 0. The van der Waals surface area contributed by atoms with Gasteiger partial charge in [-0.2, -0.15) is 0 Å². The molecule has 0 bridgehead atoms. The number of phosphoric acid groups is 1. The van der Waals surface area contributed by atoms with Gasteiger partial charge in [-0.15, -0.1) is 0 Å². The van der Waals surface area contributed by atoms with Gasteiger partial charge in [0.25, 0.3) is 0 Å². The van der Waals surface area contributed by atoms with Crippen LogP contribution in [0.1, 0.15) is 309 Å². The molecule has 0 aromatic carbocycles. The fraction of sp³-hybridized carbons (Fsp3) is 0.624. The highest BCUT2D eigenvalue weighted by Crippen LogP contribution is 2.43. The molecule has 0 spiro atoms. The molecular formula is C85H140NO8P. The van der Waals surface area contributed by atoms with Gasteiger partial charge in [0, 0.05) is 19.4 Å². The van der Waals surface area contributed by atoms with Gasteiger partial charge in [-0.05, 0) is 135 Å². The summed E-state index contributed by atoms with van der Waals surface area (Å²) in [5.74, 6) is -0.842. The summed E-state index contributed by atoms with van der Waals surface area (Å²) < 4.78 is 33.2. The SMILES string of the molecule is CC/C=C\C/C=C\C/C=C\C/C=C\C/C=C\C/C=C\C/C=C\C/C=C\C/C=C\C/C=C\C/C=C\CCCCCCCCCC(=O)OC(COC(=O)CCCCCCCCCCCCCCCCCCCCCC/C=C\C/C=C\C/C=C\C/C=C\CC)COP(=O)(O)OCCN. The number of esters is 2. The number of rotatable bonds is 70. The van der Waals surface area contributed by atoms with Crippen LogP contribution in [-0.2, 0) is 32.7 Å². The van der Waals surface area contributed by atoms with Gasteiger partial charge in [-0.1, -0.05) is 344 Å². The molecule has 0 aliphatic rings. The van der Waals surface area contributed by atoms with Gasteiger partial charge in [0.2, 0.25) is 0 Å².